The van der Waals surface area contributed by atoms with Gasteiger partial charge in [0, 0.05) is 26.2 Å². The lowest BCUT2D eigenvalue weighted by molar-refractivity contribution is 0.0934. The van der Waals surface area contributed by atoms with E-state index < -0.39 is 16.1 Å². The van der Waals surface area contributed by atoms with Crippen LogP contribution in [0.5, 0.6) is 0 Å². The second kappa shape index (κ2) is 6.77. The van der Waals surface area contributed by atoms with Gasteiger partial charge in [0.05, 0.1) is 17.1 Å². The minimum atomic E-state index is -3.73. The molecule has 1 aromatic carbocycles. The Morgan fingerprint density at radius 1 is 1.27 bits per heavy atom. The summed E-state index contributed by atoms with van der Waals surface area (Å²) in [6, 6.07) is 8.00. The van der Waals surface area contributed by atoms with E-state index in [-0.39, 0.29) is 43.2 Å². The summed E-state index contributed by atoms with van der Waals surface area (Å²) in [4.78, 5) is 13.1. The van der Waals surface area contributed by atoms with Gasteiger partial charge in [0.2, 0.25) is 10.0 Å². The van der Waals surface area contributed by atoms with Gasteiger partial charge in [-0.3, -0.25) is 0 Å². The summed E-state index contributed by atoms with van der Waals surface area (Å²) in [5, 5.41) is 9.05. The van der Waals surface area contributed by atoms with Gasteiger partial charge < -0.3 is 9.64 Å². The Labute approximate surface area is 129 Å². The summed E-state index contributed by atoms with van der Waals surface area (Å²) in [6.45, 7) is 2.91. The van der Waals surface area contributed by atoms with E-state index in [0.29, 0.717) is 0 Å². The second-order valence-corrected chi connectivity index (χ2v) is 6.60. The highest BCUT2D eigenvalue weighted by molar-refractivity contribution is 7.89. The van der Waals surface area contributed by atoms with Gasteiger partial charge in [0.25, 0.3) is 0 Å². The number of carbonyl (C=O) groups excluding carboxylic acids is 1. The standard InChI is InChI=1S/C14H17N3O4S/c1-2-21-14(18)16-7-9-17(10-8-16)22(19,20)13-6-4-3-5-12(13)11-15/h3-6H,2,7-10H2,1H3. The van der Waals surface area contributed by atoms with Crippen LogP contribution in [0.15, 0.2) is 29.2 Å². The fourth-order valence-corrected chi connectivity index (χ4v) is 3.81. The molecule has 1 fully saturated rings. The van der Waals surface area contributed by atoms with Gasteiger partial charge in [-0.15, -0.1) is 0 Å². The summed E-state index contributed by atoms with van der Waals surface area (Å²) < 4.78 is 31.4. The number of amides is 1. The van der Waals surface area contributed by atoms with E-state index in [1.54, 1.807) is 19.1 Å². The SMILES string of the molecule is CCOC(=O)N1CCN(S(=O)(=O)c2ccccc2C#N)CC1. The zero-order valence-electron chi connectivity index (χ0n) is 12.2. The van der Waals surface area contributed by atoms with Gasteiger partial charge in [-0.05, 0) is 19.1 Å². The molecule has 1 aliphatic heterocycles. The zero-order chi connectivity index (χ0) is 16.2. The molecule has 1 aromatic rings. The lowest BCUT2D eigenvalue weighted by Gasteiger charge is -2.33. The largest absolute Gasteiger partial charge is 0.450 e. The fraction of sp³-hybridized carbons (Fsp3) is 0.429. The van der Waals surface area contributed by atoms with E-state index in [9.17, 15) is 13.2 Å². The zero-order valence-corrected chi connectivity index (χ0v) is 13.0. The number of piperazine rings is 1. The Hall–Kier alpha value is -2.11. The molecule has 22 heavy (non-hydrogen) atoms. The Bertz CT molecular complexity index is 688. The molecule has 0 saturated carbocycles. The molecular weight excluding hydrogens is 306 g/mol. The molecule has 2 rings (SSSR count). The number of nitrogens with zero attached hydrogens (tertiary/aromatic N) is 3. The van der Waals surface area contributed by atoms with E-state index in [4.69, 9.17) is 10.00 Å². The molecule has 0 bridgehead atoms. The maximum atomic E-state index is 12.6. The summed E-state index contributed by atoms with van der Waals surface area (Å²) in [7, 11) is -3.73. The number of ether oxygens (including phenoxy) is 1. The van der Waals surface area contributed by atoms with Crippen LogP contribution >= 0.6 is 0 Å². The van der Waals surface area contributed by atoms with Crippen molar-refractivity contribution < 1.29 is 17.9 Å². The Morgan fingerprint density at radius 3 is 2.50 bits per heavy atom. The van der Waals surface area contributed by atoms with Crippen molar-refractivity contribution in [2.45, 2.75) is 11.8 Å². The first-order valence-corrected chi connectivity index (χ1v) is 8.35. The molecule has 1 heterocycles. The molecule has 8 heteroatoms. The van der Waals surface area contributed by atoms with Gasteiger partial charge in [-0.25, -0.2) is 13.2 Å². The van der Waals surface area contributed by atoms with Crippen molar-refractivity contribution in [1.82, 2.24) is 9.21 Å². The summed E-state index contributed by atoms with van der Waals surface area (Å²) >= 11 is 0. The average molecular weight is 323 g/mol. The maximum absolute atomic E-state index is 12.6. The molecule has 0 aromatic heterocycles. The van der Waals surface area contributed by atoms with Crippen molar-refractivity contribution in [3.63, 3.8) is 0 Å². The van der Waals surface area contributed by atoms with E-state index >= 15 is 0 Å². The first-order chi connectivity index (χ1) is 10.5. The number of hydrogen-bond donors (Lipinski definition) is 0. The number of hydrogen-bond acceptors (Lipinski definition) is 5. The van der Waals surface area contributed by atoms with Crippen LogP contribution in [0.3, 0.4) is 0 Å². The first kappa shape index (κ1) is 16.3. The molecule has 1 saturated heterocycles. The van der Waals surface area contributed by atoms with Crippen LogP contribution in [-0.4, -0.2) is 56.5 Å². The molecule has 118 valence electrons. The Kier molecular flexibility index (Phi) is 5.00. The highest BCUT2D eigenvalue weighted by Gasteiger charge is 2.31. The molecule has 0 unspecified atom stereocenters. The number of sulfonamides is 1. The van der Waals surface area contributed by atoms with Crippen molar-refractivity contribution in [1.29, 1.82) is 5.26 Å². The van der Waals surface area contributed by atoms with Crippen LogP contribution in [0.1, 0.15) is 12.5 Å². The van der Waals surface area contributed by atoms with Crippen molar-refractivity contribution >= 4 is 16.1 Å². The second-order valence-electron chi connectivity index (χ2n) is 4.70. The van der Waals surface area contributed by atoms with Gasteiger partial charge in [-0.1, -0.05) is 12.1 Å². The summed E-state index contributed by atoms with van der Waals surface area (Å²) in [5.74, 6) is 0. The molecule has 0 radical (unpaired) electrons. The predicted molar refractivity (Wildman–Crippen MR) is 78.5 cm³/mol. The molecule has 7 nitrogen and oxygen atoms in total. The smallest absolute Gasteiger partial charge is 0.409 e. The van der Waals surface area contributed by atoms with Crippen molar-refractivity contribution in [2.24, 2.45) is 0 Å². The van der Waals surface area contributed by atoms with Crippen molar-refractivity contribution in [3.05, 3.63) is 29.8 Å². The van der Waals surface area contributed by atoms with Crippen LogP contribution in [0, 0.1) is 11.3 Å². The van der Waals surface area contributed by atoms with E-state index in [1.165, 1.54) is 21.3 Å². The fourth-order valence-electron chi connectivity index (χ4n) is 2.25. The highest BCUT2D eigenvalue weighted by atomic mass is 32.2. The Balaban J connectivity index is 2.13. The molecule has 0 spiro atoms. The minimum Gasteiger partial charge on any atom is -0.450 e. The van der Waals surface area contributed by atoms with Crippen LogP contribution in [0.25, 0.3) is 0 Å². The van der Waals surface area contributed by atoms with E-state index in [0.717, 1.165) is 0 Å². The average Bonchev–Trinajstić information content (AvgIpc) is 2.55. The van der Waals surface area contributed by atoms with E-state index in [2.05, 4.69) is 0 Å². The van der Waals surface area contributed by atoms with Crippen LogP contribution in [0.4, 0.5) is 4.79 Å². The quantitative estimate of drug-likeness (QED) is 0.828. The third-order valence-corrected chi connectivity index (χ3v) is 5.35. The lowest BCUT2D eigenvalue weighted by Crippen LogP contribution is -2.50. The highest BCUT2D eigenvalue weighted by Crippen LogP contribution is 2.21. The van der Waals surface area contributed by atoms with Gasteiger partial charge in [-0.2, -0.15) is 9.57 Å². The monoisotopic (exact) mass is 323 g/mol. The van der Waals surface area contributed by atoms with Gasteiger partial charge in [0.15, 0.2) is 0 Å². The lowest BCUT2D eigenvalue weighted by atomic mass is 10.2. The molecule has 0 N–H and O–H groups in total. The third kappa shape index (κ3) is 3.21. The van der Waals surface area contributed by atoms with Crippen molar-refractivity contribution in [2.75, 3.05) is 32.8 Å². The Morgan fingerprint density at radius 2 is 1.91 bits per heavy atom. The molecule has 0 aliphatic carbocycles. The van der Waals surface area contributed by atoms with Crippen LogP contribution in [-0.2, 0) is 14.8 Å². The topological polar surface area (TPSA) is 90.7 Å². The van der Waals surface area contributed by atoms with E-state index in [1.807, 2.05) is 6.07 Å². The van der Waals surface area contributed by atoms with Gasteiger partial charge in [0.1, 0.15) is 6.07 Å². The maximum Gasteiger partial charge on any atom is 0.409 e. The molecule has 1 aliphatic rings. The minimum absolute atomic E-state index is 0.00193. The number of benzene rings is 1. The number of rotatable bonds is 3. The predicted octanol–water partition coefficient (Wildman–Crippen LogP) is 1.02. The molecule has 0 atom stereocenters. The number of nitriles is 1. The van der Waals surface area contributed by atoms with Crippen molar-refractivity contribution in [3.8, 4) is 6.07 Å². The summed E-state index contributed by atoms with van der Waals surface area (Å²) in [5.41, 5.74) is 0.121. The summed E-state index contributed by atoms with van der Waals surface area (Å²) in [6.07, 6.45) is -0.433. The normalized spacial score (nSPS) is 16.1. The van der Waals surface area contributed by atoms with Crippen LogP contribution in [0.2, 0.25) is 0 Å². The van der Waals surface area contributed by atoms with Gasteiger partial charge >= 0.3 is 6.09 Å². The first-order valence-electron chi connectivity index (χ1n) is 6.91. The number of carbonyl (C=O) groups is 1. The van der Waals surface area contributed by atoms with Crippen LogP contribution < -0.4 is 0 Å². The third-order valence-electron chi connectivity index (χ3n) is 3.39. The molecular formula is C14H17N3O4S. The molecule has 1 amide bonds.